The number of fused-ring (bicyclic) bond motifs is 2. The maximum Gasteiger partial charge on any atom is 0.162 e. The van der Waals surface area contributed by atoms with E-state index in [0.29, 0.717) is 11.5 Å². The Balaban J connectivity index is 1.49. The van der Waals surface area contributed by atoms with Gasteiger partial charge in [-0.1, -0.05) is 23.7 Å². The first-order valence-corrected chi connectivity index (χ1v) is 10.3. The molecule has 4 aromatic rings. The summed E-state index contributed by atoms with van der Waals surface area (Å²) in [7, 11) is 0. The third-order valence-electron chi connectivity index (χ3n) is 5.53. The van der Waals surface area contributed by atoms with Gasteiger partial charge in [0.25, 0.3) is 0 Å². The molecule has 0 saturated carbocycles. The first-order valence-electron chi connectivity index (χ1n) is 9.90. The van der Waals surface area contributed by atoms with Crippen molar-refractivity contribution in [1.82, 2.24) is 29.8 Å². The molecule has 1 saturated heterocycles. The Morgan fingerprint density at radius 1 is 1.24 bits per heavy atom. The van der Waals surface area contributed by atoms with Crippen LogP contribution in [0.5, 0.6) is 0 Å². The number of nitrogens with zero attached hydrogens (tertiary/aromatic N) is 5. The maximum atomic E-state index is 6.54. The van der Waals surface area contributed by atoms with Crippen molar-refractivity contribution in [2.75, 3.05) is 25.0 Å². The van der Waals surface area contributed by atoms with Crippen molar-refractivity contribution in [2.24, 2.45) is 0 Å². The van der Waals surface area contributed by atoms with Crippen molar-refractivity contribution < 1.29 is 0 Å². The first-order chi connectivity index (χ1) is 14.2. The van der Waals surface area contributed by atoms with Crippen LogP contribution in [0.3, 0.4) is 0 Å². The Labute approximate surface area is 173 Å². The molecule has 7 nitrogen and oxygen atoms in total. The lowest BCUT2D eigenvalue weighted by atomic mass is 10.0. The number of aromatic amines is 1. The van der Waals surface area contributed by atoms with Gasteiger partial charge in [0.15, 0.2) is 11.5 Å². The normalized spacial score (nSPS) is 15.5. The Hall–Kier alpha value is -2.77. The molecule has 148 valence electrons. The predicted octanol–water partition coefficient (Wildman–Crippen LogP) is 3.98. The zero-order valence-corrected chi connectivity index (χ0v) is 16.9. The zero-order chi connectivity index (χ0) is 19.8. The summed E-state index contributed by atoms with van der Waals surface area (Å²) in [6.07, 6.45) is 5.33. The van der Waals surface area contributed by atoms with E-state index >= 15 is 0 Å². The van der Waals surface area contributed by atoms with Gasteiger partial charge in [-0.15, -0.1) is 0 Å². The summed E-state index contributed by atoms with van der Waals surface area (Å²) in [4.78, 5) is 23.4. The number of likely N-dealkylation sites (tertiary alicyclic amines) is 1. The molecular formula is C21H22ClN7. The molecule has 5 rings (SSSR count). The summed E-state index contributed by atoms with van der Waals surface area (Å²) < 4.78 is 0. The molecule has 0 aliphatic carbocycles. The maximum absolute atomic E-state index is 6.54. The molecular weight excluding hydrogens is 386 g/mol. The molecule has 1 atom stereocenters. The third kappa shape index (κ3) is 3.52. The van der Waals surface area contributed by atoms with E-state index in [-0.39, 0.29) is 6.04 Å². The molecule has 0 amide bonds. The Morgan fingerprint density at radius 2 is 2.14 bits per heavy atom. The molecule has 29 heavy (non-hydrogen) atoms. The molecule has 4 heterocycles. The van der Waals surface area contributed by atoms with Crippen LogP contribution in [0, 0.1) is 0 Å². The average molecular weight is 408 g/mol. The predicted molar refractivity (Wildman–Crippen MR) is 115 cm³/mol. The van der Waals surface area contributed by atoms with Crippen molar-refractivity contribution in [3.8, 4) is 0 Å². The van der Waals surface area contributed by atoms with Gasteiger partial charge in [0.2, 0.25) is 0 Å². The van der Waals surface area contributed by atoms with E-state index in [4.69, 9.17) is 16.6 Å². The summed E-state index contributed by atoms with van der Waals surface area (Å²) in [5.74, 6) is 0.693. The molecule has 1 fully saturated rings. The highest BCUT2D eigenvalue weighted by atomic mass is 35.5. The van der Waals surface area contributed by atoms with E-state index in [1.54, 1.807) is 6.33 Å². The van der Waals surface area contributed by atoms with E-state index in [2.05, 4.69) is 49.2 Å². The van der Waals surface area contributed by atoms with E-state index in [1.807, 2.05) is 12.1 Å². The smallest absolute Gasteiger partial charge is 0.162 e. The van der Waals surface area contributed by atoms with Crippen LogP contribution in [0.15, 0.2) is 36.9 Å². The minimum atomic E-state index is -0.0454. The second-order valence-electron chi connectivity index (χ2n) is 7.47. The summed E-state index contributed by atoms with van der Waals surface area (Å²) in [5.41, 5.74) is 3.45. The van der Waals surface area contributed by atoms with Gasteiger partial charge in [0.05, 0.1) is 28.8 Å². The fourth-order valence-electron chi connectivity index (χ4n) is 3.79. The molecule has 1 aliphatic rings. The van der Waals surface area contributed by atoms with Gasteiger partial charge in [-0.3, -0.25) is 4.98 Å². The third-order valence-corrected chi connectivity index (χ3v) is 5.84. The van der Waals surface area contributed by atoms with Gasteiger partial charge in [-0.05, 0) is 44.0 Å². The van der Waals surface area contributed by atoms with Gasteiger partial charge >= 0.3 is 0 Å². The van der Waals surface area contributed by atoms with E-state index in [0.717, 1.165) is 45.7 Å². The highest BCUT2D eigenvalue weighted by molar-refractivity contribution is 6.35. The highest BCUT2D eigenvalue weighted by Gasteiger charge is 2.18. The van der Waals surface area contributed by atoms with E-state index < -0.39 is 0 Å². The fourth-order valence-corrected chi connectivity index (χ4v) is 4.08. The number of anilines is 1. The second-order valence-corrected chi connectivity index (χ2v) is 7.87. The topological polar surface area (TPSA) is 82.6 Å². The number of hydrogen-bond acceptors (Lipinski definition) is 6. The molecule has 0 spiro atoms. The van der Waals surface area contributed by atoms with Crippen LogP contribution >= 0.6 is 11.6 Å². The van der Waals surface area contributed by atoms with Gasteiger partial charge in [0.1, 0.15) is 11.8 Å². The number of imidazole rings is 1. The first kappa shape index (κ1) is 18.3. The Bertz CT molecular complexity index is 1170. The van der Waals surface area contributed by atoms with Gasteiger partial charge in [-0.2, -0.15) is 0 Å². The van der Waals surface area contributed by atoms with Gasteiger partial charge < -0.3 is 15.2 Å². The fraction of sp³-hybridized carbons (Fsp3) is 0.333. The van der Waals surface area contributed by atoms with Gasteiger partial charge in [-0.25, -0.2) is 15.0 Å². The molecule has 0 bridgehead atoms. The minimum Gasteiger partial charge on any atom is -0.360 e. The highest BCUT2D eigenvalue weighted by Crippen LogP contribution is 2.30. The van der Waals surface area contributed by atoms with Crippen LogP contribution in [0.4, 0.5) is 5.82 Å². The largest absolute Gasteiger partial charge is 0.360 e. The summed E-state index contributed by atoms with van der Waals surface area (Å²) in [5, 5.41) is 6.37. The quantitative estimate of drug-likeness (QED) is 0.503. The van der Waals surface area contributed by atoms with Crippen molar-refractivity contribution in [3.05, 3.63) is 53.3 Å². The van der Waals surface area contributed by atoms with E-state index in [9.17, 15) is 0 Å². The van der Waals surface area contributed by atoms with Crippen LogP contribution in [0.2, 0.25) is 5.02 Å². The van der Waals surface area contributed by atoms with Crippen LogP contribution in [0.25, 0.3) is 21.9 Å². The number of rotatable bonds is 6. The van der Waals surface area contributed by atoms with Crippen molar-refractivity contribution in [2.45, 2.75) is 25.8 Å². The summed E-state index contributed by atoms with van der Waals surface area (Å²) >= 11 is 6.54. The molecule has 1 aromatic carbocycles. The second kappa shape index (κ2) is 7.57. The molecule has 0 unspecified atom stereocenters. The zero-order valence-electron chi connectivity index (χ0n) is 16.2. The SMILES string of the molecule is C[C@H](Nc1ncnc2[nH]cnc12)c1cc2cccc(Cl)c2c(CCN2CCC2)n1. The molecule has 8 heteroatoms. The van der Waals surface area contributed by atoms with E-state index in [1.165, 1.54) is 25.8 Å². The number of benzene rings is 1. The number of hydrogen-bond donors (Lipinski definition) is 2. The monoisotopic (exact) mass is 407 g/mol. The minimum absolute atomic E-state index is 0.0454. The molecule has 3 aromatic heterocycles. The Kier molecular flexibility index (Phi) is 4.77. The lowest BCUT2D eigenvalue weighted by molar-refractivity contribution is 0.183. The standard InChI is InChI=1S/C21H22ClN7/c1-13(27-21-19-20(24-11-23-19)25-12-26-21)17-10-14-4-2-5-15(22)18(14)16(28-17)6-9-29-7-3-8-29/h2,4-5,10-13H,3,6-9H2,1H3,(H2,23,24,25,26,27)/t13-/m0/s1. The lowest BCUT2D eigenvalue weighted by Gasteiger charge is -2.30. The summed E-state index contributed by atoms with van der Waals surface area (Å²) in [6.45, 7) is 5.45. The van der Waals surface area contributed by atoms with Crippen molar-refractivity contribution in [1.29, 1.82) is 0 Å². The number of halogens is 1. The Morgan fingerprint density at radius 3 is 2.97 bits per heavy atom. The van der Waals surface area contributed by atoms with Crippen molar-refractivity contribution >= 4 is 39.4 Å². The van der Waals surface area contributed by atoms with Crippen LogP contribution < -0.4 is 5.32 Å². The molecule has 0 radical (unpaired) electrons. The molecule has 1 aliphatic heterocycles. The number of H-pyrrole nitrogens is 1. The number of aromatic nitrogens is 5. The molecule has 2 N–H and O–H groups in total. The lowest BCUT2D eigenvalue weighted by Crippen LogP contribution is -2.38. The summed E-state index contributed by atoms with van der Waals surface area (Å²) in [6, 6.07) is 8.09. The van der Waals surface area contributed by atoms with Gasteiger partial charge in [0, 0.05) is 18.4 Å². The van der Waals surface area contributed by atoms with Crippen LogP contribution in [-0.4, -0.2) is 49.5 Å². The van der Waals surface area contributed by atoms with Crippen molar-refractivity contribution in [3.63, 3.8) is 0 Å². The van der Waals surface area contributed by atoms with Crippen LogP contribution in [-0.2, 0) is 6.42 Å². The number of nitrogens with one attached hydrogen (secondary N) is 2. The average Bonchev–Trinajstić information content (AvgIpc) is 3.16. The number of pyridine rings is 1. The van der Waals surface area contributed by atoms with Crippen LogP contribution in [0.1, 0.15) is 30.8 Å².